The number of alkyl halides is 18. The van der Waals surface area contributed by atoms with Crippen molar-refractivity contribution in [2.45, 2.75) is 46.8 Å². The van der Waals surface area contributed by atoms with Crippen molar-refractivity contribution >= 4 is 21.6 Å². The Labute approximate surface area is 191 Å². The Bertz CT molecular complexity index is 1010. The Hall–Kier alpha value is -2.00. The van der Waals surface area contributed by atoms with E-state index in [9.17, 15) is 79.0 Å². The van der Waals surface area contributed by atoms with Gasteiger partial charge < -0.3 is 8.83 Å². The van der Waals surface area contributed by atoms with E-state index in [0.29, 0.717) is 0 Å². The maximum Gasteiger partial charge on any atom is 0.450 e. The topological polar surface area (TPSA) is 26.3 Å². The molecule has 0 aliphatic rings. The first-order chi connectivity index (χ1) is 15.7. The van der Waals surface area contributed by atoms with Gasteiger partial charge in [-0.1, -0.05) is 0 Å². The molecule has 0 bridgehead atoms. The van der Waals surface area contributed by atoms with E-state index in [4.69, 9.17) is 0 Å². The number of hydrogen-bond acceptors (Lipinski definition) is 4. The SMILES string of the molecule is FC(F)(F)c1oc(C(F)(F)F)c(C(F)(F)F)c1SSc1c(C(F)(F)F)oc(C(F)(F)F)c1C(F)(F)F. The van der Waals surface area contributed by atoms with Crippen LogP contribution in [-0.4, -0.2) is 0 Å². The van der Waals surface area contributed by atoms with E-state index in [1.54, 1.807) is 0 Å². The average molecular weight is 606 g/mol. The first-order valence-electron chi connectivity index (χ1n) is 7.79. The lowest BCUT2D eigenvalue weighted by atomic mass is 10.2. The molecule has 0 aliphatic heterocycles. The summed E-state index contributed by atoms with van der Waals surface area (Å²) in [6, 6.07) is 0. The van der Waals surface area contributed by atoms with Crippen LogP contribution >= 0.6 is 21.6 Å². The summed E-state index contributed by atoms with van der Waals surface area (Å²) in [5.74, 6) is -13.0. The van der Waals surface area contributed by atoms with Gasteiger partial charge in [0.05, 0.1) is 9.79 Å². The Morgan fingerprint density at radius 2 is 0.556 bits per heavy atom. The summed E-state index contributed by atoms with van der Waals surface area (Å²) < 4.78 is 241. The van der Waals surface area contributed by atoms with E-state index in [-0.39, 0.29) is 0 Å². The molecule has 2 nitrogen and oxygen atoms in total. The van der Waals surface area contributed by atoms with Crippen LogP contribution in [-0.2, 0) is 37.1 Å². The van der Waals surface area contributed by atoms with Crippen LogP contribution in [0.25, 0.3) is 0 Å². The summed E-state index contributed by atoms with van der Waals surface area (Å²) in [6.45, 7) is 0. The molecule has 2 aromatic heterocycles. The van der Waals surface area contributed by atoms with Crippen LogP contribution in [0.5, 0.6) is 0 Å². The first-order valence-corrected chi connectivity index (χ1v) is 9.94. The van der Waals surface area contributed by atoms with E-state index in [2.05, 4.69) is 8.83 Å². The Morgan fingerprint density at radius 1 is 0.333 bits per heavy atom. The molecule has 22 heteroatoms. The second-order valence-electron chi connectivity index (χ2n) is 6.08. The molecule has 0 fully saturated rings. The van der Waals surface area contributed by atoms with Gasteiger partial charge in [-0.25, -0.2) is 0 Å². The third-order valence-electron chi connectivity index (χ3n) is 3.53. The number of hydrogen-bond donors (Lipinski definition) is 0. The maximum atomic E-state index is 13.2. The van der Waals surface area contributed by atoms with Crippen molar-refractivity contribution in [3.8, 4) is 0 Å². The molecule has 0 saturated carbocycles. The Balaban J connectivity index is 2.87. The van der Waals surface area contributed by atoms with Gasteiger partial charge in [-0.05, 0) is 21.6 Å². The normalized spacial score (nSPS) is 14.6. The third-order valence-corrected chi connectivity index (χ3v) is 5.98. The monoisotopic (exact) mass is 606 g/mol. The highest BCUT2D eigenvalue weighted by Gasteiger charge is 2.56. The molecule has 0 atom stereocenters. The van der Waals surface area contributed by atoms with Gasteiger partial charge in [0.25, 0.3) is 0 Å². The van der Waals surface area contributed by atoms with Gasteiger partial charge in [0.1, 0.15) is 11.1 Å². The zero-order valence-electron chi connectivity index (χ0n) is 15.4. The fourth-order valence-corrected chi connectivity index (χ4v) is 5.03. The van der Waals surface area contributed by atoms with E-state index in [1.165, 1.54) is 0 Å². The van der Waals surface area contributed by atoms with Crippen molar-refractivity contribution in [2.75, 3.05) is 0 Å². The summed E-state index contributed by atoms with van der Waals surface area (Å²) in [5, 5.41) is 0. The van der Waals surface area contributed by atoms with E-state index >= 15 is 0 Å². The quantitative estimate of drug-likeness (QED) is 0.257. The number of furan rings is 2. The second kappa shape index (κ2) is 8.79. The molecule has 36 heavy (non-hydrogen) atoms. The highest BCUT2D eigenvalue weighted by molar-refractivity contribution is 8.76. The highest BCUT2D eigenvalue weighted by Crippen LogP contribution is 2.59. The molecule has 0 N–H and O–H groups in total. The maximum absolute atomic E-state index is 13.2. The predicted octanol–water partition coefficient (Wildman–Crippen LogP) is 9.78. The molecule has 0 saturated heterocycles. The standard InChI is InChI=1S/C14F18O2S2/c15-9(16,17)1-3(7(13(27,28)29)33-5(1)11(21,22)23)35-36-4-2(10(18,19)20)6(12(24,25)26)34-8(4)14(30,31)32. The second-order valence-corrected chi connectivity index (χ2v) is 8.23. The Kier molecular flexibility index (Phi) is 7.38. The van der Waals surface area contributed by atoms with Crippen LogP contribution in [0.15, 0.2) is 18.6 Å². The van der Waals surface area contributed by atoms with Crippen LogP contribution in [0.2, 0.25) is 0 Å². The fraction of sp³-hybridized carbons (Fsp3) is 0.429. The molecule has 0 amide bonds. The van der Waals surface area contributed by atoms with Crippen molar-refractivity contribution in [2.24, 2.45) is 0 Å². The lowest BCUT2D eigenvalue weighted by Crippen LogP contribution is -2.15. The first kappa shape index (κ1) is 30.2. The van der Waals surface area contributed by atoms with Crippen molar-refractivity contribution in [1.29, 1.82) is 0 Å². The van der Waals surface area contributed by atoms with Gasteiger partial charge in [0, 0.05) is 0 Å². The number of rotatable bonds is 3. The molecular formula is C14F18O2S2. The molecule has 0 aromatic carbocycles. The highest BCUT2D eigenvalue weighted by atomic mass is 33.1. The minimum Gasteiger partial charge on any atom is -0.445 e. The zero-order chi connectivity index (χ0) is 28.4. The summed E-state index contributed by atoms with van der Waals surface area (Å²) in [6.07, 6.45) is -37.8. The van der Waals surface area contributed by atoms with Gasteiger partial charge in [0.15, 0.2) is 0 Å². The van der Waals surface area contributed by atoms with Gasteiger partial charge in [-0.3, -0.25) is 0 Å². The molecule has 0 spiro atoms. The van der Waals surface area contributed by atoms with Gasteiger partial charge >= 0.3 is 37.1 Å². The van der Waals surface area contributed by atoms with Gasteiger partial charge in [-0.15, -0.1) is 0 Å². The molecular weight excluding hydrogens is 606 g/mol. The molecule has 2 heterocycles. The summed E-state index contributed by atoms with van der Waals surface area (Å²) >= 11 is 0. The molecule has 0 unspecified atom stereocenters. The van der Waals surface area contributed by atoms with Crippen LogP contribution < -0.4 is 0 Å². The third kappa shape index (κ3) is 6.10. The minimum absolute atomic E-state index is 1.44. The van der Waals surface area contributed by atoms with Crippen LogP contribution in [0, 0.1) is 0 Å². The molecule has 0 radical (unpaired) electrons. The average Bonchev–Trinajstić information content (AvgIpc) is 3.17. The van der Waals surface area contributed by atoms with E-state index in [1.807, 2.05) is 0 Å². The minimum atomic E-state index is -6.38. The summed E-state index contributed by atoms with van der Waals surface area (Å²) in [7, 11) is -2.88. The molecule has 206 valence electrons. The van der Waals surface area contributed by atoms with Crippen molar-refractivity contribution in [3.05, 3.63) is 34.2 Å². The van der Waals surface area contributed by atoms with Crippen molar-refractivity contribution < 1.29 is 87.9 Å². The van der Waals surface area contributed by atoms with Crippen LogP contribution in [0.4, 0.5) is 79.0 Å². The fourth-order valence-electron chi connectivity index (χ4n) is 2.36. The van der Waals surface area contributed by atoms with Gasteiger partial charge in [-0.2, -0.15) is 79.0 Å². The van der Waals surface area contributed by atoms with Gasteiger partial charge in [0.2, 0.25) is 23.0 Å². The predicted molar refractivity (Wildman–Crippen MR) is 79.1 cm³/mol. The van der Waals surface area contributed by atoms with E-state index in [0.717, 1.165) is 0 Å². The largest absolute Gasteiger partial charge is 0.450 e. The molecule has 0 aliphatic carbocycles. The Morgan fingerprint density at radius 3 is 0.722 bits per heavy atom. The van der Waals surface area contributed by atoms with Crippen molar-refractivity contribution in [3.63, 3.8) is 0 Å². The van der Waals surface area contributed by atoms with Crippen LogP contribution in [0.3, 0.4) is 0 Å². The molecule has 2 aromatic rings. The lowest BCUT2D eigenvalue weighted by molar-refractivity contribution is -0.180. The number of halogens is 18. The molecule has 2 rings (SSSR count). The van der Waals surface area contributed by atoms with E-state index < -0.39 is 103 Å². The smallest absolute Gasteiger partial charge is 0.445 e. The summed E-state index contributed by atoms with van der Waals surface area (Å²) in [4.78, 5) is -5.41. The van der Waals surface area contributed by atoms with Crippen LogP contribution in [0.1, 0.15) is 34.2 Å². The van der Waals surface area contributed by atoms with Crippen molar-refractivity contribution in [1.82, 2.24) is 0 Å². The summed E-state index contributed by atoms with van der Waals surface area (Å²) in [5.41, 5.74) is -6.58. The lowest BCUT2D eigenvalue weighted by Gasteiger charge is -2.13. The zero-order valence-corrected chi connectivity index (χ0v) is 17.1.